The third kappa shape index (κ3) is 4.18. The zero-order valence-electron chi connectivity index (χ0n) is 11.9. The number of aliphatic hydroxyl groups excluding tert-OH is 1. The molecule has 2 fully saturated rings. The summed E-state index contributed by atoms with van der Waals surface area (Å²) in [7, 11) is 0. The molecule has 0 bridgehead atoms. The molecule has 19 heavy (non-hydrogen) atoms. The van der Waals surface area contributed by atoms with E-state index in [-0.39, 0.29) is 12.5 Å². The Kier molecular flexibility index (Phi) is 5.64. The molecule has 0 spiro atoms. The van der Waals surface area contributed by atoms with Crippen LogP contribution in [0.3, 0.4) is 0 Å². The van der Waals surface area contributed by atoms with Crippen LogP contribution < -0.4 is 5.73 Å². The van der Waals surface area contributed by atoms with Crippen LogP contribution in [0.5, 0.6) is 0 Å². The molecule has 2 aliphatic rings. The van der Waals surface area contributed by atoms with Crippen LogP contribution in [-0.4, -0.2) is 41.1 Å². The van der Waals surface area contributed by atoms with E-state index in [4.69, 9.17) is 10.8 Å². The largest absolute Gasteiger partial charge is 0.395 e. The third-order valence-electron chi connectivity index (χ3n) is 4.77. The van der Waals surface area contributed by atoms with Crippen LogP contribution >= 0.6 is 0 Å². The molecule has 0 aromatic rings. The van der Waals surface area contributed by atoms with Gasteiger partial charge in [0.2, 0.25) is 5.91 Å². The Labute approximate surface area is 116 Å². The van der Waals surface area contributed by atoms with Crippen molar-refractivity contribution in [2.75, 3.05) is 13.2 Å². The highest BCUT2D eigenvalue weighted by atomic mass is 16.3. The second kappa shape index (κ2) is 7.25. The second-order valence-corrected chi connectivity index (χ2v) is 6.23. The maximum Gasteiger partial charge on any atom is 0.222 e. The number of carbonyl (C=O) groups excluding carboxylic acids is 1. The Morgan fingerprint density at radius 2 is 1.95 bits per heavy atom. The highest BCUT2D eigenvalue weighted by Gasteiger charge is 2.28. The molecule has 2 aliphatic carbocycles. The van der Waals surface area contributed by atoms with E-state index in [1.165, 1.54) is 19.3 Å². The lowest BCUT2D eigenvalue weighted by atomic mass is 9.83. The summed E-state index contributed by atoms with van der Waals surface area (Å²) < 4.78 is 0. The van der Waals surface area contributed by atoms with Gasteiger partial charge < -0.3 is 15.7 Å². The van der Waals surface area contributed by atoms with Gasteiger partial charge in [-0.05, 0) is 44.4 Å². The Bertz CT molecular complexity index is 292. The molecule has 0 aromatic carbocycles. The summed E-state index contributed by atoms with van der Waals surface area (Å²) in [6, 6.07) is 0.738. The molecule has 2 saturated carbocycles. The van der Waals surface area contributed by atoms with Crippen molar-refractivity contribution in [1.29, 1.82) is 0 Å². The molecule has 1 amide bonds. The number of nitrogens with zero attached hydrogens (tertiary/aromatic N) is 1. The summed E-state index contributed by atoms with van der Waals surface area (Å²) in [5.41, 5.74) is 5.99. The summed E-state index contributed by atoms with van der Waals surface area (Å²) in [5, 5.41) is 9.10. The van der Waals surface area contributed by atoms with Crippen molar-refractivity contribution in [2.45, 2.75) is 69.9 Å². The van der Waals surface area contributed by atoms with E-state index in [0.29, 0.717) is 31.0 Å². The molecule has 2 atom stereocenters. The molecule has 110 valence electrons. The van der Waals surface area contributed by atoms with Crippen molar-refractivity contribution in [3.8, 4) is 0 Å². The Morgan fingerprint density at radius 1 is 1.21 bits per heavy atom. The fraction of sp³-hybridized carbons (Fsp3) is 0.933. The summed E-state index contributed by atoms with van der Waals surface area (Å²) in [6.07, 6.45) is 9.71. The van der Waals surface area contributed by atoms with Gasteiger partial charge in [-0.1, -0.05) is 12.8 Å². The van der Waals surface area contributed by atoms with Crippen LogP contribution in [0.4, 0.5) is 0 Å². The van der Waals surface area contributed by atoms with E-state index in [1.54, 1.807) is 0 Å². The van der Waals surface area contributed by atoms with E-state index < -0.39 is 0 Å². The van der Waals surface area contributed by atoms with E-state index >= 15 is 0 Å². The standard InChI is InChI=1S/C15H28N2O2/c16-13-4-1-3-12(11-13)7-8-15(19)17(9-10-18)14-5-2-6-14/h12-14,18H,1-11,16H2. The van der Waals surface area contributed by atoms with E-state index in [2.05, 4.69) is 0 Å². The first kappa shape index (κ1) is 14.8. The molecule has 0 aliphatic heterocycles. The number of rotatable bonds is 6. The van der Waals surface area contributed by atoms with Crippen LogP contribution in [0.2, 0.25) is 0 Å². The molecule has 0 aromatic heterocycles. The van der Waals surface area contributed by atoms with Crippen molar-refractivity contribution in [1.82, 2.24) is 4.90 Å². The van der Waals surface area contributed by atoms with Gasteiger partial charge in [-0.25, -0.2) is 0 Å². The van der Waals surface area contributed by atoms with Crippen LogP contribution in [0.25, 0.3) is 0 Å². The molecular weight excluding hydrogens is 240 g/mol. The van der Waals surface area contributed by atoms with Crippen LogP contribution in [0, 0.1) is 5.92 Å². The number of aliphatic hydroxyl groups is 1. The fourth-order valence-electron chi connectivity index (χ4n) is 3.38. The minimum atomic E-state index is 0.0799. The zero-order valence-corrected chi connectivity index (χ0v) is 11.9. The molecule has 3 N–H and O–H groups in total. The minimum absolute atomic E-state index is 0.0799. The maximum atomic E-state index is 12.3. The van der Waals surface area contributed by atoms with E-state index in [1.807, 2.05) is 4.90 Å². The lowest BCUT2D eigenvalue weighted by molar-refractivity contribution is -0.136. The van der Waals surface area contributed by atoms with Gasteiger partial charge in [-0.2, -0.15) is 0 Å². The van der Waals surface area contributed by atoms with Crippen LogP contribution in [0.15, 0.2) is 0 Å². The second-order valence-electron chi connectivity index (χ2n) is 6.23. The van der Waals surface area contributed by atoms with Gasteiger partial charge >= 0.3 is 0 Å². The quantitative estimate of drug-likeness (QED) is 0.770. The predicted octanol–water partition coefficient (Wildman–Crippen LogP) is 1.66. The molecule has 0 radical (unpaired) electrons. The molecule has 0 heterocycles. The SMILES string of the molecule is NC1CCCC(CCC(=O)N(CCO)C2CCC2)C1. The molecule has 2 unspecified atom stereocenters. The van der Waals surface area contributed by atoms with E-state index in [0.717, 1.165) is 32.1 Å². The highest BCUT2D eigenvalue weighted by Crippen LogP contribution is 2.29. The third-order valence-corrected chi connectivity index (χ3v) is 4.77. The van der Waals surface area contributed by atoms with Gasteiger partial charge in [-0.3, -0.25) is 4.79 Å². The van der Waals surface area contributed by atoms with Crippen molar-refractivity contribution >= 4 is 5.91 Å². The number of amides is 1. The Balaban J connectivity index is 1.75. The lowest BCUT2D eigenvalue weighted by Crippen LogP contribution is -2.45. The minimum Gasteiger partial charge on any atom is -0.395 e. The average molecular weight is 268 g/mol. The first-order chi connectivity index (χ1) is 9.20. The first-order valence-corrected chi connectivity index (χ1v) is 7.86. The van der Waals surface area contributed by atoms with E-state index in [9.17, 15) is 4.79 Å². The highest BCUT2D eigenvalue weighted by molar-refractivity contribution is 5.76. The van der Waals surface area contributed by atoms with Gasteiger partial charge in [-0.15, -0.1) is 0 Å². The maximum absolute atomic E-state index is 12.3. The number of hydrogen-bond donors (Lipinski definition) is 2. The fourth-order valence-corrected chi connectivity index (χ4v) is 3.38. The number of nitrogens with two attached hydrogens (primary N) is 1. The van der Waals surface area contributed by atoms with Crippen LogP contribution in [-0.2, 0) is 4.79 Å². The summed E-state index contributed by atoms with van der Waals surface area (Å²) >= 11 is 0. The van der Waals surface area contributed by atoms with Crippen molar-refractivity contribution in [2.24, 2.45) is 11.7 Å². The van der Waals surface area contributed by atoms with Gasteiger partial charge in [0.1, 0.15) is 0 Å². The molecule has 4 heteroatoms. The smallest absolute Gasteiger partial charge is 0.222 e. The number of carbonyl (C=O) groups is 1. The molecule has 2 rings (SSSR count). The Hall–Kier alpha value is -0.610. The first-order valence-electron chi connectivity index (χ1n) is 7.86. The molecule has 4 nitrogen and oxygen atoms in total. The summed E-state index contributed by atoms with van der Waals surface area (Å²) in [6.45, 7) is 0.588. The summed E-state index contributed by atoms with van der Waals surface area (Å²) in [5.74, 6) is 0.864. The monoisotopic (exact) mass is 268 g/mol. The van der Waals surface area contributed by atoms with Gasteiger partial charge in [0.05, 0.1) is 6.61 Å². The van der Waals surface area contributed by atoms with Crippen molar-refractivity contribution < 1.29 is 9.90 Å². The average Bonchev–Trinajstić information content (AvgIpc) is 2.33. The van der Waals surface area contributed by atoms with Crippen molar-refractivity contribution in [3.05, 3.63) is 0 Å². The van der Waals surface area contributed by atoms with Crippen molar-refractivity contribution in [3.63, 3.8) is 0 Å². The topological polar surface area (TPSA) is 66.6 Å². The van der Waals surface area contributed by atoms with Crippen LogP contribution in [0.1, 0.15) is 57.8 Å². The number of hydrogen-bond acceptors (Lipinski definition) is 3. The van der Waals surface area contributed by atoms with Gasteiger partial charge in [0, 0.05) is 25.0 Å². The molecule has 0 saturated heterocycles. The normalized spacial score (nSPS) is 27.9. The molecular formula is C15H28N2O2. The van der Waals surface area contributed by atoms with Gasteiger partial charge in [0.25, 0.3) is 0 Å². The van der Waals surface area contributed by atoms with Gasteiger partial charge in [0.15, 0.2) is 0 Å². The predicted molar refractivity (Wildman–Crippen MR) is 75.6 cm³/mol. The lowest BCUT2D eigenvalue weighted by Gasteiger charge is -2.37. The summed E-state index contributed by atoms with van der Waals surface area (Å²) in [4.78, 5) is 14.2. The Morgan fingerprint density at radius 3 is 2.53 bits per heavy atom. The zero-order chi connectivity index (χ0) is 13.7.